The zero-order valence-corrected chi connectivity index (χ0v) is 9.12. The first-order chi connectivity index (χ1) is 8.35. The summed E-state index contributed by atoms with van der Waals surface area (Å²) < 4.78 is 40.2. The van der Waals surface area contributed by atoms with E-state index in [1.54, 1.807) is 0 Å². The maximum absolute atomic E-state index is 12.2. The number of rotatable bonds is 3. The summed E-state index contributed by atoms with van der Waals surface area (Å²) in [7, 11) is 0. The summed E-state index contributed by atoms with van der Waals surface area (Å²) in [6.07, 6.45) is -3.28. The predicted octanol–water partition coefficient (Wildman–Crippen LogP) is 2.18. The summed E-state index contributed by atoms with van der Waals surface area (Å²) in [5.74, 6) is -1.75. The topological polar surface area (TPSA) is 58.6 Å². The van der Waals surface area contributed by atoms with E-state index in [4.69, 9.17) is 5.11 Å². The Bertz CT molecular complexity index is 469. The van der Waals surface area contributed by atoms with Crippen molar-refractivity contribution in [1.82, 2.24) is 5.32 Å². The SMILES string of the molecule is O=C(NC1CC1)c1ccc(O)cc1OC(F)(F)F. The molecule has 0 atom stereocenters. The molecule has 1 aliphatic carbocycles. The largest absolute Gasteiger partial charge is 0.573 e. The van der Waals surface area contributed by atoms with Gasteiger partial charge in [-0.1, -0.05) is 0 Å². The number of phenols is 1. The highest BCUT2D eigenvalue weighted by Gasteiger charge is 2.34. The van der Waals surface area contributed by atoms with E-state index in [-0.39, 0.29) is 11.6 Å². The van der Waals surface area contributed by atoms with Crippen LogP contribution in [0.2, 0.25) is 0 Å². The number of phenolic OH excluding ortho intramolecular Hbond substituents is 1. The van der Waals surface area contributed by atoms with Gasteiger partial charge in [0, 0.05) is 12.1 Å². The Morgan fingerprint density at radius 1 is 1.39 bits per heavy atom. The number of ether oxygens (including phenoxy) is 1. The minimum atomic E-state index is -4.91. The molecule has 0 heterocycles. The molecule has 0 unspecified atom stereocenters. The highest BCUT2D eigenvalue weighted by Crippen LogP contribution is 2.30. The molecule has 98 valence electrons. The number of benzene rings is 1. The van der Waals surface area contributed by atoms with Crippen LogP contribution in [0.15, 0.2) is 18.2 Å². The number of hydrogen-bond acceptors (Lipinski definition) is 3. The van der Waals surface area contributed by atoms with Gasteiger partial charge in [0.25, 0.3) is 5.91 Å². The highest BCUT2D eigenvalue weighted by atomic mass is 19.4. The molecular formula is C11H10F3NO3. The van der Waals surface area contributed by atoms with Gasteiger partial charge in [0.2, 0.25) is 0 Å². The maximum atomic E-state index is 12.2. The predicted molar refractivity (Wildman–Crippen MR) is 55.3 cm³/mol. The second kappa shape index (κ2) is 4.40. The second-order valence-electron chi connectivity index (χ2n) is 3.98. The summed E-state index contributed by atoms with van der Waals surface area (Å²) in [4.78, 5) is 11.7. The zero-order chi connectivity index (χ0) is 13.3. The quantitative estimate of drug-likeness (QED) is 0.876. The number of carbonyl (C=O) groups excluding carboxylic acids is 1. The highest BCUT2D eigenvalue weighted by molar-refractivity contribution is 5.97. The molecule has 1 aliphatic rings. The van der Waals surface area contributed by atoms with Gasteiger partial charge in [-0.25, -0.2) is 0 Å². The Morgan fingerprint density at radius 2 is 2.06 bits per heavy atom. The van der Waals surface area contributed by atoms with Crippen LogP contribution in [-0.2, 0) is 0 Å². The summed E-state index contributed by atoms with van der Waals surface area (Å²) >= 11 is 0. The molecule has 0 bridgehead atoms. The lowest BCUT2D eigenvalue weighted by molar-refractivity contribution is -0.274. The molecule has 2 rings (SSSR count). The van der Waals surface area contributed by atoms with E-state index >= 15 is 0 Å². The standard InChI is InChI=1S/C11H10F3NO3/c12-11(13,14)18-9-5-7(16)3-4-8(9)10(17)15-6-1-2-6/h3-6,16H,1-2H2,(H,15,17). The van der Waals surface area contributed by atoms with Gasteiger partial charge in [0.1, 0.15) is 11.5 Å². The van der Waals surface area contributed by atoms with Crippen LogP contribution < -0.4 is 10.1 Å². The molecule has 18 heavy (non-hydrogen) atoms. The van der Waals surface area contributed by atoms with Crippen molar-refractivity contribution in [1.29, 1.82) is 0 Å². The molecule has 0 saturated heterocycles. The molecule has 1 fully saturated rings. The van der Waals surface area contributed by atoms with Gasteiger partial charge < -0.3 is 15.2 Å². The number of alkyl halides is 3. The van der Waals surface area contributed by atoms with E-state index < -0.39 is 23.8 Å². The van der Waals surface area contributed by atoms with Gasteiger partial charge in [-0.05, 0) is 25.0 Å². The normalized spacial score (nSPS) is 15.3. The third-order valence-corrected chi connectivity index (χ3v) is 2.35. The molecule has 7 heteroatoms. The summed E-state index contributed by atoms with van der Waals surface area (Å²) in [5.41, 5.74) is -0.253. The fourth-order valence-corrected chi connectivity index (χ4v) is 1.40. The average Bonchev–Trinajstić information content (AvgIpc) is 2.98. The van der Waals surface area contributed by atoms with Gasteiger partial charge >= 0.3 is 6.36 Å². The Morgan fingerprint density at radius 3 is 2.61 bits per heavy atom. The van der Waals surface area contributed by atoms with Gasteiger partial charge in [-0.3, -0.25) is 4.79 Å². The molecule has 4 nitrogen and oxygen atoms in total. The van der Waals surface area contributed by atoms with E-state index in [1.165, 1.54) is 0 Å². The number of amides is 1. The number of nitrogens with one attached hydrogen (secondary N) is 1. The molecule has 0 radical (unpaired) electrons. The minimum absolute atomic E-state index is 0.0186. The summed E-state index contributed by atoms with van der Waals surface area (Å²) in [5, 5.41) is 11.7. The van der Waals surface area contributed by atoms with Gasteiger partial charge in [-0.2, -0.15) is 0 Å². The van der Waals surface area contributed by atoms with Crippen LogP contribution in [0.5, 0.6) is 11.5 Å². The summed E-state index contributed by atoms with van der Waals surface area (Å²) in [6, 6.07) is 3.00. The Labute approximate surface area is 100 Å². The van der Waals surface area contributed by atoms with Crippen molar-refractivity contribution in [3.8, 4) is 11.5 Å². The Kier molecular flexibility index (Phi) is 3.06. The molecule has 0 spiro atoms. The van der Waals surface area contributed by atoms with Crippen molar-refractivity contribution in [2.45, 2.75) is 25.2 Å². The lowest BCUT2D eigenvalue weighted by Crippen LogP contribution is -2.27. The van der Waals surface area contributed by atoms with E-state index in [9.17, 15) is 18.0 Å². The van der Waals surface area contributed by atoms with Crippen LogP contribution in [0.3, 0.4) is 0 Å². The fourth-order valence-electron chi connectivity index (χ4n) is 1.40. The van der Waals surface area contributed by atoms with E-state index in [0.29, 0.717) is 0 Å². The van der Waals surface area contributed by atoms with E-state index in [0.717, 1.165) is 31.0 Å². The average molecular weight is 261 g/mol. The third-order valence-electron chi connectivity index (χ3n) is 2.35. The van der Waals surface area contributed by atoms with Crippen molar-refractivity contribution in [2.75, 3.05) is 0 Å². The first-order valence-electron chi connectivity index (χ1n) is 5.25. The number of carbonyl (C=O) groups is 1. The smallest absolute Gasteiger partial charge is 0.508 e. The van der Waals surface area contributed by atoms with Crippen LogP contribution >= 0.6 is 0 Å². The third kappa shape index (κ3) is 3.28. The summed E-state index contributed by atoms with van der Waals surface area (Å²) in [6.45, 7) is 0. The Balaban J connectivity index is 2.24. The van der Waals surface area contributed by atoms with Crippen LogP contribution in [0, 0.1) is 0 Å². The van der Waals surface area contributed by atoms with Crippen molar-refractivity contribution < 1.29 is 27.8 Å². The van der Waals surface area contributed by atoms with Gasteiger partial charge in [0.15, 0.2) is 0 Å². The lowest BCUT2D eigenvalue weighted by atomic mass is 10.1. The van der Waals surface area contributed by atoms with Crippen LogP contribution in [-0.4, -0.2) is 23.4 Å². The van der Waals surface area contributed by atoms with Gasteiger partial charge in [0.05, 0.1) is 5.56 Å². The van der Waals surface area contributed by atoms with Crippen LogP contribution in [0.25, 0.3) is 0 Å². The van der Waals surface area contributed by atoms with Crippen LogP contribution in [0.4, 0.5) is 13.2 Å². The first kappa shape index (κ1) is 12.5. The minimum Gasteiger partial charge on any atom is -0.508 e. The Hall–Kier alpha value is -1.92. The van der Waals surface area contributed by atoms with Crippen molar-refractivity contribution in [2.24, 2.45) is 0 Å². The van der Waals surface area contributed by atoms with Crippen molar-refractivity contribution >= 4 is 5.91 Å². The molecular weight excluding hydrogens is 251 g/mol. The molecule has 2 N–H and O–H groups in total. The second-order valence-corrected chi connectivity index (χ2v) is 3.98. The molecule has 0 aromatic heterocycles. The fraction of sp³-hybridized carbons (Fsp3) is 0.364. The lowest BCUT2D eigenvalue weighted by Gasteiger charge is -2.13. The van der Waals surface area contributed by atoms with E-state index in [2.05, 4.69) is 10.1 Å². The molecule has 0 aliphatic heterocycles. The zero-order valence-electron chi connectivity index (χ0n) is 9.12. The number of hydrogen-bond donors (Lipinski definition) is 2. The van der Waals surface area contributed by atoms with Crippen molar-refractivity contribution in [3.63, 3.8) is 0 Å². The molecule has 1 saturated carbocycles. The number of halogens is 3. The van der Waals surface area contributed by atoms with E-state index in [1.807, 2.05) is 0 Å². The van der Waals surface area contributed by atoms with Gasteiger partial charge in [-0.15, -0.1) is 13.2 Å². The van der Waals surface area contributed by atoms with Crippen LogP contribution in [0.1, 0.15) is 23.2 Å². The molecule has 1 aromatic carbocycles. The first-order valence-corrected chi connectivity index (χ1v) is 5.25. The van der Waals surface area contributed by atoms with Crippen molar-refractivity contribution in [3.05, 3.63) is 23.8 Å². The maximum Gasteiger partial charge on any atom is 0.573 e. The molecule has 1 aromatic rings. The monoisotopic (exact) mass is 261 g/mol. The number of aromatic hydroxyl groups is 1. The molecule has 1 amide bonds.